The summed E-state index contributed by atoms with van der Waals surface area (Å²) in [6.07, 6.45) is 0.207. The van der Waals surface area contributed by atoms with Crippen molar-refractivity contribution in [3.8, 4) is 5.75 Å². The standard InChI is InChI=1S/C16H21FO4/c1-15(2,3)21-14(18)8-12-4-6-13(7-5-12)20-11-16(17)9-19-10-16/h4-7H,8-11H2,1-3H3. The van der Waals surface area contributed by atoms with Crippen molar-refractivity contribution in [2.45, 2.75) is 38.5 Å². The Kier molecular flexibility index (Phi) is 4.52. The van der Waals surface area contributed by atoms with Gasteiger partial charge in [0, 0.05) is 0 Å². The minimum absolute atomic E-state index is 0.0155. The smallest absolute Gasteiger partial charge is 0.310 e. The lowest BCUT2D eigenvalue weighted by molar-refractivity contribution is -0.153. The van der Waals surface area contributed by atoms with Crippen molar-refractivity contribution in [2.24, 2.45) is 0 Å². The molecule has 5 heteroatoms. The number of esters is 1. The topological polar surface area (TPSA) is 44.8 Å². The fourth-order valence-corrected chi connectivity index (χ4v) is 1.87. The maximum atomic E-state index is 13.7. The second-order valence-electron chi connectivity index (χ2n) is 6.34. The zero-order valence-electron chi connectivity index (χ0n) is 12.6. The van der Waals surface area contributed by atoms with E-state index in [1.165, 1.54) is 0 Å². The van der Waals surface area contributed by atoms with Gasteiger partial charge < -0.3 is 14.2 Å². The molecule has 4 nitrogen and oxygen atoms in total. The third-order valence-electron chi connectivity index (χ3n) is 2.91. The molecule has 116 valence electrons. The van der Waals surface area contributed by atoms with Crippen molar-refractivity contribution in [3.63, 3.8) is 0 Å². The summed E-state index contributed by atoms with van der Waals surface area (Å²) in [5, 5.41) is 0. The van der Waals surface area contributed by atoms with Gasteiger partial charge in [0.2, 0.25) is 0 Å². The molecule has 1 aromatic carbocycles. The number of alkyl halides is 1. The Balaban J connectivity index is 1.82. The number of benzene rings is 1. The van der Waals surface area contributed by atoms with Crippen LogP contribution in [0.15, 0.2) is 24.3 Å². The highest BCUT2D eigenvalue weighted by atomic mass is 19.1. The highest BCUT2D eigenvalue weighted by Crippen LogP contribution is 2.23. The molecular weight excluding hydrogens is 275 g/mol. The monoisotopic (exact) mass is 296 g/mol. The van der Waals surface area contributed by atoms with E-state index in [2.05, 4.69) is 0 Å². The van der Waals surface area contributed by atoms with Gasteiger partial charge in [-0.25, -0.2) is 4.39 Å². The number of halogens is 1. The predicted molar refractivity (Wildman–Crippen MR) is 76.1 cm³/mol. The van der Waals surface area contributed by atoms with Crippen LogP contribution in [0.4, 0.5) is 4.39 Å². The molecule has 0 amide bonds. The molecule has 1 saturated heterocycles. The summed E-state index contributed by atoms with van der Waals surface area (Å²) in [4.78, 5) is 11.7. The van der Waals surface area contributed by atoms with Crippen molar-refractivity contribution >= 4 is 5.97 Å². The average molecular weight is 296 g/mol. The molecule has 0 aliphatic carbocycles. The van der Waals surface area contributed by atoms with Crippen molar-refractivity contribution in [3.05, 3.63) is 29.8 Å². The van der Waals surface area contributed by atoms with E-state index in [9.17, 15) is 9.18 Å². The van der Waals surface area contributed by atoms with Crippen LogP contribution in [0.25, 0.3) is 0 Å². The third-order valence-corrected chi connectivity index (χ3v) is 2.91. The molecule has 0 spiro atoms. The number of ether oxygens (including phenoxy) is 3. The number of hydrogen-bond acceptors (Lipinski definition) is 4. The first-order chi connectivity index (χ1) is 9.76. The summed E-state index contributed by atoms with van der Waals surface area (Å²) in [6, 6.07) is 7.01. The Bertz CT molecular complexity index is 486. The molecule has 1 aliphatic rings. The van der Waals surface area contributed by atoms with Crippen molar-refractivity contribution in [2.75, 3.05) is 19.8 Å². The number of rotatable bonds is 5. The van der Waals surface area contributed by atoms with Crippen LogP contribution in [0.5, 0.6) is 5.75 Å². The van der Waals surface area contributed by atoms with Crippen molar-refractivity contribution in [1.82, 2.24) is 0 Å². The number of carbonyl (C=O) groups is 1. The van der Waals surface area contributed by atoms with E-state index < -0.39 is 11.3 Å². The van der Waals surface area contributed by atoms with Crippen LogP contribution in [-0.4, -0.2) is 37.1 Å². The van der Waals surface area contributed by atoms with Crippen LogP contribution in [0.2, 0.25) is 0 Å². The van der Waals surface area contributed by atoms with Crippen LogP contribution in [0, 0.1) is 0 Å². The highest BCUT2D eigenvalue weighted by molar-refractivity contribution is 5.73. The molecule has 2 rings (SSSR count). The van der Waals surface area contributed by atoms with Crippen LogP contribution >= 0.6 is 0 Å². The van der Waals surface area contributed by atoms with E-state index in [4.69, 9.17) is 14.2 Å². The maximum Gasteiger partial charge on any atom is 0.310 e. The fraction of sp³-hybridized carbons (Fsp3) is 0.562. The fourth-order valence-electron chi connectivity index (χ4n) is 1.87. The van der Waals surface area contributed by atoms with Crippen molar-refractivity contribution < 1.29 is 23.4 Å². The molecule has 0 radical (unpaired) electrons. The molecular formula is C16H21FO4. The second-order valence-corrected chi connectivity index (χ2v) is 6.34. The van der Waals surface area contributed by atoms with Gasteiger partial charge >= 0.3 is 5.97 Å². The molecule has 0 unspecified atom stereocenters. The molecule has 0 atom stereocenters. The van der Waals surface area contributed by atoms with Crippen LogP contribution in [0.1, 0.15) is 26.3 Å². The maximum absolute atomic E-state index is 13.7. The Morgan fingerprint density at radius 3 is 2.38 bits per heavy atom. The number of carbonyl (C=O) groups excluding carboxylic acids is 1. The first-order valence-corrected chi connectivity index (χ1v) is 6.96. The first kappa shape index (κ1) is 15.8. The van der Waals surface area contributed by atoms with Gasteiger partial charge in [-0.2, -0.15) is 0 Å². The van der Waals surface area contributed by atoms with Gasteiger partial charge in [-0.15, -0.1) is 0 Å². The van der Waals surface area contributed by atoms with Crippen LogP contribution in [0.3, 0.4) is 0 Å². The highest BCUT2D eigenvalue weighted by Gasteiger charge is 2.39. The van der Waals surface area contributed by atoms with E-state index in [1.54, 1.807) is 24.3 Å². The normalized spacial score (nSPS) is 17.0. The van der Waals surface area contributed by atoms with E-state index >= 15 is 0 Å². The Morgan fingerprint density at radius 2 is 1.90 bits per heavy atom. The van der Waals surface area contributed by atoms with Gasteiger partial charge in [-0.05, 0) is 38.5 Å². The average Bonchev–Trinajstić information content (AvgIpc) is 2.33. The van der Waals surface area contributed by atoms with Crippen LogP contribution < -0.4 is 4.74 Å². The predicted octanol–water partition coefficient (Wildman–Crippen LogP) is 2.69. The van der Waals surface area contributed by atoms with E-state index in [0.717, 1.165) is 5.56 Å². The summed E-state index contributed by atoms with van der Waals surface area (Å²) in [5.41, 5.74) is -1.02. The molecule has 1 aliphatic heterocycles. The lowest BCUT2D eigenvalue weighted by atomic mass is 10.1. The summed E-state index contributed by atoms with van der Waals surface area (Å²) < 4.78 is 29.1. The summed E-state index contributed by atoms with van der Waals surface area (Å²) in [7, 11) is 0. The quantitative estimate of drug-likeness (QED) is 0.784. The van der Waals surface area contributed by atoms with E-state index in [1.807, 2.05) is 20.8 Å². The zero-order valence-corrected chi connectivity index (χ0v) is 12.6. The largest absolute Gasteiger partial charge is 0.490 e. The molecule has 0 aromatic heterocycles. The minimum atomic E-state index is -1.37. The molecule has 0 saturated carbocycles. The molecule has 0 N–H and O–H groups in total. The van der Waals surface area contributed by atoms with Gasteiger partial charge in [0.05, 0.1) is 19.6 Å². The number of hydrogen-bond donors (Lipinski definition) is 0. The minimum Gasteiger partial charge on any atom is -0.490 e. The van der Waals surface area contributed by atoms with Gasteiger partial charge in [0.25, 0.3) is 0 Å². The van der Waals surface area contributed by atoms with Gasteiger partial charge in [0.1, 0.15) is 18.0 Å². The summed E-state index contributed by atoms with van der Waals surface area (Å²) in [5.74, 6) is 0.303. The summed E-state index contributed by atoms with van der Waals surface area (Å²) in [6.45, 7) is 5.66. The Hall–Kier alpha value is -1.62. The molecule has 1 aromatic rings. The van der Waals surface area contributed by atoms with Crippen LogP contribution in [-0.2, 0) is 20.7 Å². The SMILES string of the molecule is CC(C)(C)OC(=O)Cc1ccc(OCC2(F)COC2)cc1. The van der Waals surface area contributed by atoms with Gasteiger partial charge in [-0.3, -0.25) is 4.79 Å². The Labute approximate surface area is 124 Å². The lowest BCUT2D eigenvalue weighted by Crippen LogP contribution is -2.50. The van der Waals surface area contributed by atoms with Gasteiger partial charge in [-0.1, -0.05) is 12.1 Å². The first-order valence-electron chi connectivity index (χ1n) is 6.96. The Morgan fingerprint density at radius 1 is 1.29 bits per heavy atom. The molecule has 21 heavy (non-hydrogen) atoms. The van der Waals surface area contributed by atoms with Crippen molar-refractivity contribution in [1.29, 1.82) is 0 Å². The van der Waals surface area contributed by atoms with E-state index in [-0.39, 0.29) is 32.2 Å². The molecule has 1 fully saturated rings. The van der Waals surface area contributed by atoms with Gasteiger partial charge in [0.15, 0.2) is 5.67 Å². The second kappa shape index (κ2) is 6.02. The lowest BCUT2D eigenvalue weighted by Gasteiger charge is -2.33. The third kappa shape index (κ3) is 5.01. The van der Waals surface area contributed by atoms with E-state index in [0.29, 0.717) is 5.75 Å². The summed E-state index contributed by atoms with van der Waals surface area (Å²) >= 11 is 0. The zero-order chi connectivity index (χ0) is 15.5. The molecule has 1 heterocycles. The molecule has 0 bridgehead atoms.